The number of thiazole rings is 1. The molecule has 0 saturated carbocycles. The molecule has 2 heterocycles. The molecule has 24 heavy (non-hydrogen) atoms. The largest absolute Gasteiger partial charge is 0.353 e. The second-order valence-corrected chi connectivity index (χ2v) is 7.55. The van der Waals surface area contributed by atoms with Gasteiger partial charge >= 0.3 is 0 Å². The summed E-state index contributed by atoms with van der Waals surface area (Å²) in [4.78, 5) is 11.4. The van der Waals surface area contributed by atoms with Gasteiger partial charge in [0.15, 0.2) is 15.4 Å². The predicted octanol–water partition coefficient (Wildman–Crippen LogP) is 4.80. The van der Waals surface area contributed by atoms with E-state index in [2.05, 4.69) is 14.9 Å². The number of aryl methyl sites for hydroxylation is 1. The molecule has 0 fully saturated rings. The highest BCUT2D eigenvalue weighted by molar-refractivity contribution is 7.73. The van der Waals surface area contributed by atoms with Crippen LogP contribution in [0.3, 0.4) is 0 Å². The maximum Gasteiger partial charge on any atom is 0.168 e. The Balaban J connectivity index is 2.25. The quantitative estimate of drug-likeness (QED) is 0.440. The first-order valence-electron chi connectivity index (χ1n) is 7.48. The Labute approximate surface area is 159 Å². The topological polar surface area (TPSA) is 34.0 Å². The average molecular weight is 399 g/mol. The molecule has 126 valence electrons. The third-order valence-electron chi connectivity index (χ3n) is 3.55. The van der Waals surface area contributed by atoms with Crippen molar-refractivity contribution in [3.8, 4) is 5.69 Å². The Morgan fingerprint density at radius 2 is 1.79 bits per heavy atom. The number of rotatable bonds is 6. The van der Waals surface area contributed by atoms with Crippen molar-refractivity contribution >= 4 is 62.9 Å². The van der Waals surface area contributed by atoms with Crippen LogP contribution in [0.5, 0.6) is 0 Å². The van der Waals surface area contributed by atoms with Crippen molar-refractivity contribution in [3.63, 3.8) is 0 Å². The fraction of sp³-hybridized carbons (Fsp3) is 0.312. The fourth-order valence-corrected chi connectivity index (χ4v) is 4.34. The zero-order chi connectivity index (χ0) is 17.1. The van der Waals surface area contributed by atoms with E-state index in [1.54, 1.807) is 0 Å². The summed E-state index contributed by atoms with van der Waals surface area (Å²) in [6, 6.07) is 10.0. The summed E-state index contributed by atoms with van der Waals surface area (Å²) in [6.45, 7) is 3.24. The molecule has 0 bridgehead atoms. The van der Waals surface area contributed by atoms with Crippen LogP contribution in [-0.2, 0) is 0 Å². The van der Waals surface area contributed by atoms with Crippen molar-refractivity contribution < 1.29 is 0 Å². The van der Waals surface area contributed by atoms with Crippen LogP contribution in [0, 0.1) is 10.9 Å². The number of anilines is 1. The molecule has 3 aromatic rings. The molecule has 0 amide bonds. The minimum atomic E-state index is 0.506. The summed E-state index contributed by atoms with van der Waals surface area (Å²) in [6.07, 6.45) is 0. The Kier molecular flexibility index (Phi) is 5.71. The standard InChI is InChI=1S/C16H16Cl2N4S2/c1-11-19-14(21(9-7-17)10-8-18)13-15(20-11)22(16(23)24-13)12-5-3-2-4-6-12/h2-6H,7-10H2,1H3. The molecule has 0 radical (unpaired) electrons. The predicted molar refractivity (Wildman–Crippen MR) is 106 cm³/mol. The Morgan fingerprint density at radius 1 is 1.12 bits per heavy atom. The number of para-hydroxylation sites is 1. The summed E-state index contributed by atoms with van der Waals surface area (Å²) >= 11 is 19.0. The number of hydrogen-bond donors (Lipinski definition) is 0. The monoisotopic (exact) mass is 398 g/mol. The lowest BCUT2D eigenvalue weighted by Crippen LogP contribution is -2.28. The van der Waals surface area contributed by atoms with Gasteiger partial charge in [0.05, 0.1) is 0 Å². The molecule has 0 aliphatic heterocycles. The van der Waals surface area contributed by atoms with E-state index in [9.17, 15) is 0 Å². The van der Waals surface area contributed by atoms with E-state index in [1.807, 2.05) is 41.8 Å². The highest BCUT2D eigenvalue weighted by atomic mass is 35.5. The number of halogens is 2. The van der Waals surface area contributed by atoms with Gasteiger partial charge in [0.1, 0.15) is 10.5 Å². The molecule has 2 aromatic heterocycles. The molecular weight excluding hydrogens is 383 g/mol. The van der Waals surface area contributed by atoms with Crippen molar-refractivity contribution in [1.29, 1.82) is 0 Å². The first-order chi connectivity index (χ1) is 11.7. The van der Waals surface area contributed by atoms with Crippen LogP contribution >= 0.6 is 46.8 Å². The van der Waals surface area contributed by atoms with Crippen LogP contribution < -0.4 is 4.90 Å². The molecule has 0 aliphatic rings. The minimum Gasteiger partial charge on any atom is -0.353 e. The van der Waals surface area contributed by atoms with Gasteiger partial charge < -0.3 is 4.90 Å². The first-order valence-corrected chi connectivity index (χ1v) is 9.77. The maximum atomic E-state index is 5.95. The van der Waals surface area contributed by atoms with Crippen molar-refractivity contribution in [3.05, 3.63) is 40.1 Å². The maximum absolute atomic E-state index is 5.95. The summed E-state index contributed by atoms with van der Waals surface area (Å²) in [5.41, 5.74) is 1.83. The molecule has 1 aromatic carbocycles. The lowest BCUT2D eigenvalue weighted by atomic mass is 10.3. The molecule has 8 heteroatoms. The molecule has 0 unspecified atom stereocenters. The summed E-state index contributed by atoms with van der Waals surface area (Å²) < 4.78 is 3.70. The van der Waals surface area contributed by atoms with Crippen molar-refractivity contribution in [2.24, 2.45) is 0 Å². The van der Waals surface area contributed by atoms with Gasteiger partial charge in [0.25, 0.3) is 0 Å². The van der Waals surface area contributed by atoms with E-state index in [1.165, 1.54) is 11.3 Å². The lowest BCUT2D eigenvalue weighted by Gasteiger charge is -2.22. The Hall–Kier alpha value is -1.21. The van der Waals surface area contributed by atoms with Crippen LogP contribution in [0.2, 0.25) is 0 Å². The molecule has 4 nitrogen and oxygen atoms in total. The number of hydrogen-bond acceptors (Lipinski definition) is 5. The fourth-order valence-electron chi connectivity index (χ4n) is 2.54. The summed E-state index contributed by atoms with van der Waals surface area (Å²) in [5.74, 6) is 2.56. The molecule has 0 atom stereocenters. The van der Waals surface area contributed by atoms with Crippen molar-refractivity contribution in [2.75, 3.05) is 29.7 Å². The highest BCUT2D eigenvalue weighted by Crippen LogP contribution is 2.32. The lowest BCUT2D eigenvalue weighted by molar-refractivity contribution is 0.848. The number of alkyl halides is 2. The van der Waals surface area contributed by atoms with E-state index in [-0.39, 0.29) is 0 Å². The van der Waals surface area contributed by atoms with E-state index in [0.29, 0.717) is 30.7 Å². The van der Waals surface area contributed by atoms with Crippen LogP contribution in [0.4, 0.5) is 5.82 Å². The van der Waals surface area contributed by atoms with Crippen LogP contribution in [0.25, 0.3) is 16.0 Å². The van der Waals surface area contributed by atoms with Gasteiger partial charge in [0, 0.05) is 30.5 Å². The zero-order valence-electron chi connectivity index (χ0n) is 13.1. The number of fused-ring (bicyclic) bond motifs is 1. The Bertz CT molecular complexity index is 886. The summed E-state index contributed by atoms with van der Waals surface area (Å²) in [5, 5.41) is 0. The van der Waals surface area contributed by atoms with E-state index in [0.717, 1.165) is 25.8 Å². The number of benzene rings is 1. The average Bonchev–Trinajstić information content (AvgIpc) is 2.90. The van der Waals surface area contributed by atoms with Crippen LogP contribution in [-0.4, -0.2) is 39.4 Å². The van der Waals surface area contributed by atoms with E-state index >= 15 is 0 Å². The Morgan fingerprint density at radius 3 is 2.42 bits per heavy atom. The van der Waals surface area contributed by atoms with Crippen molar-refractivity contribution in [2.45, 2.75) is 6.92 Å². The first kappa shape index (κ1) is 17.6. The van der Waals surface area contributed by atoms with Gasteiger partial charge in [-0.25, -0.2) is 9.97 Å². The zero-order valence-corrected chi connectivity index (χ0v) is 16.2. The summed E-state index contributed by atoms with van der Waals surface area (Å²) in [7, 11) is 0. The molecule has 0 N–H and O–H groups in total. The third kappa shape index (κ3) is 3.42. The second-order valence-electron chi connectivity index (χ2n) is 5.15. The van der Waals surface area contributed by atoms with Gasteiger partial charge in [-0.05, 0) is 31.3 Å². The molecule has 0 spiro atoms. The van der Waals surface area contributed by atoms with Gasteiger partial charge in [-0.15, -0.1) is 23.2 Å². The van der Waals surface area contributed by atoms with Gasteiger partial charge in [-0.3, -0.25) is 4.57 Å². The number of nitrogens with zero attached hydrogens (tertiary/aromatic N) is 4. The second kappa shape index (κ2) is 7.78. The molecule has 0 aliphatic carbocycles. The minimum absolute atomic E-state index is 0.506. The van der Waals surface area contributed by atoms with E-state index in [4.69, 9.17) is 35.4 Å². The van der Waals surface area contributed by atoms with Crippen LogP contribution in [0.15, 0.2) is 30.3 Å². The normalized spacial score (nSPS) is 11.1. The van der Waals surface area contributed by atoms with Gasteiger partial charge in [0.2, 0.25) is 0 Å². The smallest absolute Gasteiger partial charge is 0.168 e. The molecular formula is C16H16Cl2N4S2. The van der Waals surface area contributed by atoms with Crippen LogP contribution in [0.1, 0.15) is 5.82 Å². The number of aromatic nitrogens is 3. The van der Waals surface area contributed by atoms with Crippen molar-refractivity contribution in [1.82, 2.24) is 14.5 Å². The SMILES string of the molecule is Cc1nc(N(CCCl)CCCl)c2sc(=S)n(-c3ccccc3)c2n1. The highest BCUT2D eigenvalue weighted by Gasteiger charge is 2.18. The molecule has 0 saturated heterocycles. The van der Waals surface area contributed by atoms with Gasteiger partial charge in [-0.2, -0.15) is 0 Å². The molecule has 3 rings (SSSR count). The van der Waals surface area contributed by atoms with Gasteiger partial charge in [-0.1, -0.05) is 29.5 Å². The third-order valence-corrected chi connectivity index (χ3v) is 5.25. The van der Waals surface area contributed by atoms with E-state index < -0.39 is 0 Å².